The molecule has 6 amide bonds. The van der Waals surface area contributed by atoms with Crippen molar-refractivity contribution < 1.29 is 28.8 Å². The average Bonchev–Trinajstić information content (AvgIpc) is 3.03. The van der Waals surface area contributed by atoms with Crippen molar-refractivity contribution in [2.24, 2.45) is 5.92 Å². The first kappa shape index (κ1) is 34.8. The zero-order chi connectivity index (χ0) is 33.1. The summed E-state index contributed by atoms with van der Waals surface area (Å²) in [6, 6.07) is 12.6. The van der Waals surface area contributed by atoms with Crippen LogP contribution in [-0.2, 0) is 41.6 Å². The molecule has 2 aliphatic heterocycles. The van der Waals surface area contributed by atoms with E-state index in [1.54, 1.807) is 26.0 Å². The summed E-state index contributed by atoms with van der Waals surface area (Å²) in [4.78, 5) is 81.5. The molecule has 14 heteroatoms. The Hall–Kier alpha value is -4.04. The summed E-state index contributed by atoms with van der Waals surface area (Å²) >= 11 is 0. The van der Waals surface area contributed by atoms with Gasteiger partial charge in [0.05, 0.1) is 6.42 Å². The van der Waals surface area contributed by atoms with Crippen LogP contribution in [0.2, 0.25) is 0 Å². The van der Waals surface area contributed by atoms with E-state index in [2.05, 4.69) is 31.9 Å². The van der Waals surface area contributed by atoms with Gasteiger partial charge in [0.15, 0.2) is 0 Å². The molecule has 0 aliphatic carbocycles. The highest BCUT2D eigenvalue weighted by Crippen LogP contribution is 2.22. The lowest BCUT2D eigenvalue weighted by molar-refractivity contribution is -0.137. The minimum atomic E-state index is -1.28. The topological polar surface area (TPSA) is 175 Å². The molecule has 6 N–H and O–H groups in total. The summed E-state index contributed by atoms with van der Waals surface area (Å²) in [6.07, 6.45) is -0.231. The van der Waals surface area contributed by atoms with Gasteiger partial charge in [-0.05, 0) is 17.0 Å². The Morgan fingerprint density at radius 2 is 1.17 bits per heavy atom. The van der Waals surface area contributed by atoms with Gasteiger partial charge in [-0.3, -0.25) is 28.8 Å². The summed E-state index contributed by atoms with van der Waals surface area (Å²) in [5, 5.41) is 16.5. The average molecular weight is 669 g/mol. The van der Waals surface area contributed by atoms with Gasteiger partial charge >= 0.3 is 0 Å². The summed E-state index contributed by atoms with van der Waals surface area (Å²) in [5.41, 5.74) is 1.53. The van der Waals surface area contributed by atoms with Crippen LogP contribution >= 0.6 is 21.6 Å². The second-order valence-electron chi connectivity index (χ2n) is 11.5. The van der Waals surface area contributed by atoms with Crippen LogP contribution in [0, 0.1) is 5.92 Å². The second kappa shape index (κ2) is 17.0. The number of fused-ring (bicyclic) bond motifs is 7. The lowest BCUT2D eigenvalue weighted by Gasteiger charge is -2.29. The molecule has 2 saturated heterocycles. The van der Waals surface area contributed by atoms with Crippen molar-refractivity contribution in [3.8, 4) is 0 Å². The molecule has 0 saturated carbocycles. The zero-order valence-corrected chi connectivity index (χ0v) is 27.4. The quantitative estimate of drug-likeness (QED) is 0.250. The van der Waals surface area contributed by atoms with E-state index in [-0.39, 0.29) is 31.1 Å². The van der Waals surface area contributed by atoms with Gasteiger partial charge in [-0.2, -0.15) is 0 Å². The Morgan fingerprint density at radius 3 is 1.76 bits per heavy atom. The molecular weight excluding hydrogens is 629 g/mol. The fourth-order valence-electron chi connectivity index (χ4n) is 5.06. The number of carbonyl (C=O) groups excluding carboxylic acids is 6. The van der Waals surface area contributed by atoms with Gasteiger partial charge in [-0.25, -0.2) is 0 Å². The van der Waals surface area contributed by atoms with E-state index in [1.165, 1.54) is 21.6 Å². The summed E-state index contributed by atoms with van der Waals surface area (Å²) in [5.74, 6) is -3.39. The molecule has 246 valence electrons. The monoisotopic (exact) mass is 668 g/mol. The number of hydrogen-bond acceptors (Lipinski definition) is 8. The van der Waals surface area contributed by atoms with Crippen LogP contribution in [0.4, 0.5) is 0 Å². The van der Waals surface area contributed by atoms with Crippen LogP contribution in [0.3, 0.4) is 0 Å². The van der Waals surface area contributed by atoms with Crippen LogP contribution < -0.4 is 31.9 Å². The Balaban J connectivity index is 1.77. The van der Waals surface area contributed by atoms with Crippen LogP contribution in [0.5, 0.6) is 0 Å². The molecule has 5 atom stereocenters. The Labute approximate surface area is 276 Å². The SMILES string of the molecule is CC(C)[C@H]1NC(=O)C[C@@H]2NC(=O)[C@H](Cc3ccccc3)NC(=O)[C@@H](Cc3ccccc3)NC(=O)[C@@H](CSSCCNC2=O)NC1=O. The van der Waals surface area contributed by atoms with Crippen LogP contribution in [0.1, 0.15) is 31.4 Å². The molecule has 46 heavy (non-hydrogen) atoms. The van der Waals surface area contributed by atoms with Crippen molar-refractivity contribution in [3.63, 3.8) is 0 Å². The molecule has 2 heterocycles. The zero-order valence-electron chi connectivity index (χ0n) is 25.7. The third-order valence-corrected chi connectivity index (χ3v) is 9.97. The van der Waals surface area contributed by atoms with Gasteiger partial charge in [-0.15, -0.1) is 0 Å². The number of carbonyl (C=O) groups is 6. The van der Waals surface area contributed by atoms with Crippen LogP contribution in [0.25, 0.3) is 0 Å². The summed E-state index contributed by atoms with van der Waals surface area (Å²) in [6.45, 7) is 3.74. The highest BCUT2D eigenvalue weighted by Gasteiger charge is 2.35. The first-order chi connectivity index (χ1) is 22.1. The van der Waals surface area contributed by atoms with Gasteiger partial charge in [0, 0.05) is 30.9 Å². The van der Waals surface area contributed by atoms with Gasteiger partial charge in [0.1, 0.15) is 30.2 Å². The Morgan fingerprint density at radius 1 is 0.630 bits per heavy atom. The molecule has 0 unspecified atom stereocenters. The summed E-state index contributed by atoms with van der Waals surface area (Å²) in [7, 11) is 2.73. The van der Waals surface area contributed by atoms with Crippen LogP contribution in [-0.4, -0.2) is 83.7 Å². The first-order valence-electron chi connectivity index (χ1n) is 15.2. The maximum absolute atomic E-state index is 13.9. The highest BCUT2D eigenvalue weighted by atomic mass is 33.1. The molecule has 4 rings (SSSR count). The molecule has 12 nitrogen and oxygen atoms in total. The van der Waals surface area contributed by atoms with Gasteiger partial charge in [-0.1, -0.05) is 96.1 Å². The fraction of sp³-hybridized carbons (Fsp3) is 0.438. The standard InChI is InChI=1S/C32H40N6O6S2/c1-19(2)27-32(44)37-25-18-46-45-14-13-33-28(40)24(17-26(39)38-27)36-30(42)22(15-20-9-5-3-6-10-20)34-29(41)23(35-31(25)43)16-21-11-7-4-8-12-21/h3-12,19,22-25,27H,13-18H2,1-2H3,(H,33,40)(H,34,41)(H,35,43)(H,36,42)(H,37,44)(H,38,39)/t22-,23+,24-,25+,27+/m0/s1. The fourth-order valence-corrected chi connectivity index (χ4v) is 7.13. The molecule has 2 aromatic rings. The Kier molecular flexibility index (Phi) is 12.9. The molecule has 0 radical (unpaired) electrons. The van der Waals surface area contributed by atoms with Crippen molar-refractivity contribution in [2.75, 3.05) is 18.1 Å². The molecular formula is C32H40N6O6S2. The largest absolute Gasteiger partial charge is 0.353 e. The normalized spacial score (nSPS) is 25.7. The molecule has 2 bridgehead atoms. The van der Waals surface area contributed by atoms with Gasteiger partial charge < -0.3 is 31.9 Å². The van der Waals surface area contributed by atoms with Gasteiger partial charge in [0.2, 0.25) is 35.4 Å². The lowest BCUT2D eigenvalue weighted by Crippen LogP contribution is -2.62. The van der Waals surface area contributed by atoms with E-state index >= 15 is 0 Å². The van der Waals surface area contributed by atoms with E-state index in [1.807, 2.05) is 48.5 Å². The molecule has 2 aromatic carbocycles. The smallest absolute Gasteiger partial charge is 0.244 e. The van der Waals surface area contributed by atoms with E-state index < -0.39 is 72.1 Å². The maximum atomic E-state index is 13.9. The van der Waals surface area contributed by atoms with E-state index in [0.717, 1.165) is 11.1 Å². The number of hydrogen-bond donors (Lipinski definition) is 6. The predicted octanol–water partition coefficient (Wildman–Crippen LogP) is 0.467. The maximum Gasteiger partial charge on any atom is 0.244 e. The molecule has 0 aromatic heterocycles. The second-order valence-corrected chi connectivity index (χ2v) is 14.1. The van der Waals surface area contributed by atoms with Crippen LogP contribution in [0.15, 0.2) is 60.7 Å². The number of nitrogens with one attached hydrogen (secondary N) is 6. The Bertz CT molecular complexity index is 1400. The number of amides is 6. The van der Waals surface area contributed by atoms with Crippen molar-refractivity contribution >= 4 is 57.0 Å². The van der Waals surface area contributed by atoms with Crippen molar-refractivity contribution in [3.05, 3.63) is 71.8 Å². The third kappa shape index (κ3) is 10.2. The third-order valence-electron chi connectivity index (χ3n) is 7.56. The molecule has 0 spiro atoms. The lowest BCUT2D eigenvalue weighted by atomic mass is 10.0. The van der Waals surface area contributed by atoms with E-state index in [9.17, 15) is 28.8 Å². The minimum absolute atomic E-state index is 0.0896. The number of benzene rings is 2. The van der Waals surface area contributed by atoms with Crippen molar-refractivity contribution in [2.45, 2.75) is 63.3 Å². The molecule has 2 fully saturated rings. The predicted molar refractivity (Wildman–Crippen MR) is 177 cm³/mol. The highest BCUT2D eigenvalue weighted by molar-refractivity contribution is 8.76. The number of rotatable bonds is 5. The van der Waals surface area contributed by atoms with E-state index in [0.29, 0.717) is 5.75 Å². The van der Waals surface area contributed by atoms with Crippen molar-refractivity contribution in [1.29, 1.82) is 0 Å². The first-order valence-corrected chi connectivity index (χ1v) is 17.7. The summed E-state index contributed by atoms with van der Waals surface area (Å²) < 4.78 is 0. The van der Waals surface area contributed by atoms with Crippen molar-refractivity contribution in [1.82, 2.24) is 31.9 Å². The molecule has 2 aliphatic rings. The minimum Gasteiger partial charge on any atom is -0.353 e. The van der Waals surface area contributed by atoms with Gasteiger partial charge in [0.25, 0.3) is 0 Å². The van der Waals surface area contributed by atoms with E-state index in [4.69, 9.17) is 0 Å².